The lowest BCUT2D eigenvalue weighted by molar-refractivity contribution is -0.128. The van der Waals surface area contributed by atoms with Crippen molar-refractivity contribution in [2.24, 2.45) is 0 Å². The summed E-state index contributed by atoms with van der Waals surface area (Å²) in [5.41, 5.74) is 2.72. The zero-order valence-corrected chi connectivity index (χ0v) is 12.6. The molecule has 0 spiro atoms. The SMILES string of the molecule is COc1ccc2c(c1)CCCC2NCCC(=O)N(C)C. The number of carbonyl (C=O) groups excluding carboxylic acids is 1. The zero-order chi connectivity index (χ0) is 14.5. The Morgan fingerprint density at radius 3 is 2.95 bits per heavy atom. The summed E-state index contributed by atoms with van der Waals surface area (Å²) in [4.78, 5) is 13.2. The van der Waals surface area contributed by atoms with Crippen LogP contribution in [0.1, 0.15) is 36.4 Å². The van der Waals surface area contributed by atoms with Crippen molar-refractivity contribution >= 4 is 5.91 Å². The third-order valence-electron chi connectivity index (χ3n) is 3.89. The molecular weight excluding hydrogens is 252 g/mol. The number of carbonyl (C=O) groups is 1. The summed E-state index contributed by atoms with van der Waals surface area (Å²) in [6, 6.07) is 6.66. The van der Waals surface area contributed by atoms with Crippen molar-refractivity contribution in [2.75, 3.05) is 27.7 Å². The Bertz CT molecular complexity index is 472. The van der Waals surface area contributed by atoms with E-state index in [1.165, 1.54) is 17.5 Å². The van der Waals surface area contributed by atoms with Gasteiger partial charge in [-0.15, -0.1) is 0 Å². The number of fused-ring (bicyclic) bond motifs is 1. The zero-order valence-electron chi connectivity index (χ0n) is 12.6. The lowest BCUT2D eigenvalue weighted by atomic mass is 9.87. The molecule has 1 unspecified atom stereocenters. The van der Waals surface area contributed by atoms with E-state index < -0.39 is 0 Å². The van der Waals surface area contributed by atoms with E-state index in [9.17, 15) is 4.79 Å². The van der Waals surface area contributed by atoms with Gasteiger partial charge in [0.15, 0.2) is 0 Å². The number of benzene rings is 1. The summed E-state index contributed by atoms with van der Waals surface area (Å²) in [6.07, 6.45) is 3.98. The Kier molecular flexibility index (Phi) is 5.01. The minimum Gasteiger partial charge on any atom is -0.497 e. The predicted octanol–water partition coefficient (Wildman–Crippen LogP) is 2.14. The molecule has 1 aromatic carbocycles. The van der Waals surface area contributed by atoms with Crippen LogP contribution in [0.2, 0.25) is 0 Å². The fraction of sp³-hybridized carbons (Fsp3) is 0.562. The monoisotopic (exact) mass is 276 g/mol. The van der Waals surface area contributed by atoms with Crippen molar-refractivity contribution in [3.8, 4) is 5.75 Å². The number of hydrogen-bond donors (Lipinski definition) is 1. The van der Waals surface area contributed by atoms with Gasteiger partial charge in [0.2, 0.25) is 5.91 Å². The van der Waals surface area contributed by atoms with Crippen LogP contribution in [0.15, 0.2) is 18.2 Å². The molecule has 20 heavy (non-hydrogen) atoms. The highest BCUT2D eigenvalue weighted by Crippen LogP contribution is 2.32. The molecule has 1 N–H and O–H groups in total. The van der Waals surface area contributed by atoms with Crippen molar-refractivity contribution in [1.82, 2.24) is 10.2 Å². The molecule has 1 aliphatic rings. The number of aryl methyl sites for hydroxylation is 1. The van der Waals surface area contributed by atoms with Crippen LogP contribution >= 0.6 is 0 Å². The number of methoxy groups -OCH3 is 1. The van der Waals surface area contributed by atoms with Gasteiger partial charge >= 0.3 is 0 Å². The summed E-state index contributed by atoms with van der Waals surface area (Å²) in [5, 5.41) is 3.51. The van der Waals surface area contributed by atoms with Crippen LogP contribution in [0.3, 0.4) is 0 Å². The average molecular weight is 276 g/mol. The van der Waals surface area contributed by atoms with Crippen molar-refractivity contribution in [3.05, 3.63) is 29.3 Å². The number of nitrogens with zero attached hydrogens (tertiary/aromatic N) is 1. The van der Waals surface area contributed by atoms with E-state index in [4.69, 9.17) is 4.74 Å². The Morgan fingerprint density at radius 1 is 1.45 bits per heavy atom. The van der Waals surface area contributed by atoms with E-state index in [2.05, 4.69) is 17.4 Å². The normalized spacial score (nSPS) is 17.4. The topological polar surface area (TPSA) is 41.6 Å². The molecule has 0 aromatic heterocycles. The number of nitrogens with one attached hydrogen (secondary N) is 1. The predicted molar refractivity (Wildman–Crippen MR) is 80.0 cm³/mol. The van der Waals surface area contributed by atoms with Crippen LogP contribution in [0.5, 0.6) is 5.75 Å². The molecule has 0 radical (unpaired) electrons. The van der Waals surface area contributed by atoms with Crippen LogP contribution in [0.25, 0.3) is 0 Å². The first-order valence-electron chi connectivity index (χ1n) is 7.22. The van der Waals surface area contributed by atoms with Gasteiger partial charge in [-0.25, -0.2) is 0 Å². The van der Waals surface area contributed by atoms with E-state index in [1.54, 1.807) is 26.1 Å². The maximum atomic E-state index is 11.6. The van der Waals surface area contributed by atoms with Crippen LogP contribution in [-0.2, 0) is 11.2 Å². The van der Waals surface area contributed by atoms with E-state index in [0.29, 0.717) is 12.5 Å². The van der Waals surface area contributed by atoms with Gasteiger partial charge in [0.1, 0.15) is 5.75 Å². The van der Waals surface area contributed by atoms with Crippen LogP contribution < -0.4 is 10.1 Å². The second-order valence-corrected chi connectivity index (χ2v) is 5.50. The lowest BCUT2D eigenvalue weighted by Crippen LogP contribution is -2.30. The minimum atomic E-state index is 0.170. The summed E-state index contributed by atoms with van der Waals surface area (Å²) in [5.74, 6) is 1.09. The maximum absolute atomic E-state index is 11.6. The molecule has 1 aromatic rings. The number of ether oxygens (including phenoxy) is 1. The second-order valence-electron chi connectivity index (χ2n) is 5.50. The summed E-state index contributed by atoms with van der Waals surface area (Å²) >= 11 is 0. The van der Waals surface area contributed by atoms with Gasteiger partial charge < -0.3 is 15.0 Å². The van der Waals surface area contributed by atoms with Crippen molar-refractivity contribution in [1.29, 1.82) is 0 Å². The van der Waals surface area contributed by atoms with E-state index in [0.717, 1.165) is 25.1 Å². The van der Waals surface area contributed by atoms with Crippen molar-refractivity contribution in [2.45, 2.75) is 31.7 Å². The van der Waals surface area contributed by atoms with Gasteiger partial charge in [-0.1, -0.05) is 6.07 Å². The smallest absolute Gasteiger partial charge is 0.223 e. The minimum absolute atomic E-state index is 0.170. The first kappa shape index (κ1) is 14.9. The van der Waals surface area contributed by atoms with Gasteiger partial charge in [0.25, 0.3) is 0 Å². The molecule has 1 amide bonds. The molecule has 0 aliphatic heterocycles. The van der Waals surface area contributed by atoms with E-state index in [-0.39, 0.29) is 5.91 Å². The van der Waals surface area contributed by atoms with Gasteiger partial charge in [0, 0.05) is 33.1 Å². The number of amides is 1. The molecule has 1 aliphatic carbocycles. The molecule has 0 bridgehead atoms. The fourth-order valence-corrected chi connectivity index (χ4v) is 2.71. The van der Waals surface area contributed by atoms with Gasteiger partial charge in [-0.3, -0.25) is 4.79 Å². The maximum Gasteiger partial charge on any atom is 0.223 e. The van der Waals surface area contributed by atoms with Crippen molar-refractivity contribution < 1.29 is 9.53 Å². The third-order valence-corrected chi connectivity index (χ3v) is 3.89. The highest BCUT2D eigenvalue weighted by molar-refractivity contribution is 5.75. The Hall–Kier alpha value is -1.55. The third kappa shape index (κ3) is 3.51. The summed E-state index contributed by atoms with van der Waals surface area (Å²) < 4.78 is 5.28. The fourth-order valence-electron chi connectivity index (χ4n) is 2.71. The highest BCUT2D eigenvalue weighted by Gasteiger charge is 2.20. The van der Waals surface area contributed by atoms with Gasteiger partial charge in [-0.2, -0.15) is 0 Å². The first-order chi connectivity index (χ1) is 9.61. The average Bonchev–Trinajstić information content (AvgIpc) is 2.46. The molecule has 0 heterocycles. The molecule has 4 nitrogen and oxygen atoms in total. The molecular formula is C16H24N2O2. The molecule has 4 heteroatoms. The Morgan fingerprint density at radius 2 is 2.25 bits per heavy atom. The highest BCUT2D eigenvalue weighted by atomic mass is 16.5. The number of hydrogen-bond acceptors (Lipinski definition) is 3. The molecule has 2 rings (SSSR count). The van der Waals surface area contributed by atoms with E-state index in [1.807, 2.05) is 6.07 Å². The van der Waals surface area contributed by atoms with Gasteiger partial charge in [0.05, 0.1) is 7.11 Å². The second kappa shape index (κ2) is 6.75. The van der Waals surface area contributed by atoms with Crippen LogP contribution in [0, 0.1) is 0 Å². The summed E-state index contributed by atoms with van der Waals surface area (Å²) in [7, 11) is 5.29. The number of rotatable bonds is 5. The lowest BCUT2D eigenvalue weighted by Gasteiger charge is -2.27. The molecule has 0 saturated heterocycles. The first-order valence-corrected chi connectivity index (χ1v) is 7.22. The quantitative estimate of drug-likeness (QED) is 0.896. The Balaban J connectivity index is 1.96. The standard InChI is InChI=1S/C16H24N2O2/c1-18(2)16(19)9-10-17-15-6-4-5-12-11-13(20-3)7-8-14(12)15/h7-8,11,15,17H,4-6,9-10H2,1-3H3. The van der Waals surface area contributed by atoms with Crippen LogP contribution in [-0.4, -0.2) is 38.6 Å². The molecule has 110 valence electrons. The molecule has 0 saturated carbocycles. The van der Waals surface area contributed by atoms with Crippen molar-refractivity contribution in [3.63, 3.8) is 0 Å². The van der Waals surface area contributed by atoms with Crippen LogP contribution in [0.4, 0.5) is 0 Å². The van der Waals surface area contributed by atoms with Gasteiger partial charge in [-0.05, 0) is 42.5 Å². The molecule has 0 fully saturated rings. The van der Waals surface area contributed by atoms with E-state index >= 15 is 0 Å². The summed E-state index contributed by atoms with van der Waals surface area (Å²) in [6.45, 7) is 0.729. The molecule has 1 atom stereocenters. The largest absolute Gasteiger partial charge is 0.497 e. The Labute approximate surface area is 121 Å².